The Kier molecular flexibility index (Phi) is 6.95. The first-order valence-corrected chi connectivity index (χ1v) is 8.12. The number of methoxy groups -OCH3 is 1. The van der Waals surface area contributed by atoms with E-state index in [1.54, 1.807) is 24.4 Å². The van der Waals surface area contributed by atoms with Crippen LogP contribution in [-0.4, -0.2) is 41.9 Å². The average molecular weight is 341 g/mol. The fourth-order valence-electron chi connectivity index (χ4n) is 2.33. The first-order valence-electron chi connectivity index (χ1n) is 8.12. The van der Waals surface area contributed by atoms with Crippen LogP contribution in [0.1, 0.15) is 18.1 Å². The predicted molar refractivity (Wildman–Crippen MR) is 95.0 cm³/mol. The van der Waals surface area contributed by atoms with Crippen molar-refractivity contribution in [2.75, 3.05) is 20.2 Å². The third-order valence-corrected chi connectivity index (χ3v) is 3.85. The number of rotatable bonds is 8. The molecule has 0 aliphatic heterocycles. The Labute approximate surface area is 147 Å². The molecule has 2 rings (SSSR count). The summed E-state index contributed by atoms with van der Waals surface area (Å²) in [6, 6.07) is 11.4. The van der Waals surface area contributed by atoms with Crippen molar-refractivity contribution in [1.29, 1.82) is 0 Å². The van der Waals surface area contributed by atoms with Crippen LogP contribution in [0.5, 0.6) is 5.75 Å². The Bertz CT molecular complexity index is 687. The van der Waals surface area contributed by atoms with E-state index in [0.29, 0.717) is 19.5 Å². The van der Waals surface area contributed by atoms with Crippen LogP contribution in [0.4, 0.5) is 0 Å². The normalized spacial score (nSPS) is 10.2. The second-order valence-corrected chi connectivity index (χ2v) is 5.67. The molecule has 2 amide bonds. The minimum atomic E-state index is -0.179. The van der Waals surface area contributed by atoms with Gasteiger partial charge in [-0.15, -0.1) is 0 Å². The lowest BCUT2D eigenvalue weighted by Crippen LogP contribution is -2.40. The highest BCUT2D eigenvalue weighted by Crippen LogP contribution is 2.12. The summed E-state index contributed by atoms with van der Waals surface area (Å²) in [5.74, 6) is 0.497. The molecule has 0 aliphatic rings. The molecule has 2 aromatic rings. The van der Waals surface area contributed by atoms with Crippen molar-refractivity contribution in [3.05, 3.63) is 59.9 Å². The number of nitrogens with one attached hydrogen (secondary N) is 1. The summed E-state index contributed by atoms with van der Waals surface area (Å²) in [6.07, 6.45) is 4.04. The average Bonchev–Trinajstić information content (AvgIpc) is 2.64. The van der Waals surface area contributed by atoms with Crippen molar-refractivity contribution in [1.82, 2.24) is 15.2 Å². The molecule has 0 unspecified atom stereocenters. The molecule has 25 heavy (non-hydrogen) atoms. The van der Waals surface area contributed by atoms with Crippen molar-refractivity contribution in [3.63, 3.8) is 0 Å². The number of pyridine rings is 1. The number of benzene rings is 1. The Morgan fingerprint density at radius 3 is 2.36 bits per heavy atom. The van der Waals surface area contributed by atoms with Crippen LogP contribution < -0.4 is 10.1 Å². The van der Waals surface area contributed by atoms with Gasteiger partial charge in [0.2, 0.25) is 11.8 Å². The molecule has 1 heterocycles. The molecule has 6 heteroatoms. The Morgan fingerprint density at radius 2 is 1.76 bits per heavy atom. The van der Waals surface area contributed by atoms with Gasteiger partial charge in [0.15, 0.2) is 0 Å². The van der Waals surface area contributed by atoms with Crippen LogP contribution >= 0.6 is 0 Å². The van der Waals surface area contributed by atoms with E-state index in [-0.39, 0.29) is 18.4 Å². The molecule has 0 aliphatic carbocycles. The minimum Gasteiger partial charge on any atom is -0.497 e. The van der Waals surface area contributed by atoms with Crippen LogP contribution in [0.3, 0.4) is 0 Å². The van der Waals surface area contributed by atoms with Gasteiger partial charge in [-0.1, -0.05) is 12.1 Å². The maximum absolute atomic E-state index is 12.1. The Balaban J connectivity index is 1.82. The lowest BCUT2D eigenvalue weighted by Gasteiger charge is -2.20. The van der Waals surface area contributed by atoms with Crippen LogP contribution in [0, 0.1) is 0 Å². The van der Waals surface area contributed by atoms with Gasteiger partial charge in [0.05, 0.1) is 13.7 Å². The van der Waals surface area contributed by atoms with Gasteiger partial charge >= 0.3 is 0 Å². The maximum Gasteiger partial charge on any atom is 0.239 e. The zero-order chi connectivity index (χ0) is 18.1. The monoisotopic (exact) mass is 341 g/mol. The van der Waals surface area contributed by atoms with E-state index < -0.39 is 0 Å². The molecule has 132 valence electrons. The molecule has 0 radical (unpaired) electrons. The van der Waals surface area contributed by atoms with E-state index in [0.717, 1.165) is 16.9 Å². The molecule has 0 bridgehead atoms. The highest BCUT2D eigenvalue weighted by atomic mass is 16.5. The van der Waals surface area contributed by atoms with Crippen molar-refractivity contribution < 1.29 is 14.3 Å². The van der Waals surface area contributed by atoms with Crippen molar-refractivity contribution in [2.24, 2.45) is 0 Å². The first kappa shape index (κ1) is 18.4. The smallest absolute Gasteiger partial charge is 0.239 e. The molecule has 6 nitrogen and oxygen atoms in total. The molecule has 1 aromatic carbocycles. The third-order valence-electron chi connectivity index (χ3n) is 3.85. The zero-order valence-electron chi connectivity index (χ0n) is 14.6. The van der Waals surface area contributed by atoms with E-state index in [2.05, 4.69) is 10.3 Å². The number of carbonyl (C=O) groups is 2. The minimum absolute atomic E-state index is 0.0522. The van der Waals surface area contributed by atoms with E-state index >= 15 is 0 Å². The number of carbonyl (C=O) groups excluding carboxylic acids is 2. The summed E-state index contributed by atoms with van der Waals surface area (Å²) in [5.41, 5.74) is 2.06. The summed E-state index contributed by atoms with van der Waals surface area (Å²) in [6.45, 7) is 2.44. The van der Waals surface area contributed by atoms with Gasteiger partial charge in [-0.3, -0.25) is 14.6 Å². The number of amides is 2. The molecule has 1 aromatic heterocycles. The van der Waals surface area contributed by atoms with E-state index in [1.807, 2.05) is 36.4 Å². The van der Waals surface area contributed by atoms with E-state index in [4.69, 9.17) is 4.74 Å². The van der Waals surface area contributed by atoms with Crippen LogP contribution in [-0.2, 0) is 22.6 Å². The molecule has 0 spiro atoms. The molecule has 0 fully saturated rings. The molecule has 1 N–H and O–H groups in total. The van der Waals surface area contributed by atoms with Crippen LogP contribution in [0.15, 0.2) is 48.8 Å². The quantitative estimate of drug-likeness (QED) is 0.795. The second kappa shape index (κ2) is 9.42. The summed E-state index contributed by atoms with van der Waals surface area (Å²) >= 11 is 0. The summed E-state index contributed by atoms with van der Waals surface area (Å²) in [4.78, 5) is 29.4. The van der Waals surface area contributed by atoms with Crippen LogP contribution in [0.2, 0.25) is 0 Å². The Hall–Kier alpha value is -2.89. The molecular weight excluding hydrogens is 318 g/mol. The van der Waals surface area contributed by atoms with Gasteiger partial charge in [-0.25, -0.2) is 0 Å². The van der Waals surface area contributed by atoms with Crippen LogP contribution in [0.25, 0.3) is 0 Å². The van der Waals surface area contributed by atoms with Gasteiger partial charge in [-0.2, -0.15) is 0 Å². The van der Waals surface area contributed by atoms with Crippen molar-refractivity contribution in [3.8, 4) is 5.75 Å². The van der Waals surface area contributed by atoms with Crippen molar-refractivity contribution >= 4 is 11.8 Å². The lowest BCUT2D eigenvalue weighted by molar-refractivity contribution is -0.134. The third kappa shape index (κ3) is 6.25. The topological polar surface area (TPSA) is 71.5 Å². The standard InChI is InChI=1S/C19H23N3O3/c1-15(23)22(12-9-16-3-5-18(25-2)6-4-16)14-19(24)21-13-17-7-10-20-11-8-17/h3-8,10-11H,9,12-14H2,1-2H3,(H,21,24). The Morgan fingerprint density at radius 1 is 1.08 bits per heavy atom. The fourth-order valence-corrected chi connectivity index (χ4v) is 2.33. The SMILES string of the molecule is COc1ccc(CCN(CC(=O)NCc2ccncc2)C(C)=O)cc1. The van der Waals surface area contributed by atoms with Gasteiger partial charge in [0.1, 0.15) is 5.75 Å². The predicted octanol–water partition coefficient (Wildman–Crippen LogP) is 1.80. The highest BCUT2D eigenvalue weighted by molar-refractivity contribution is 5.83. The number of nitrogens with zero attached hydrogens (tertiary/aromatic N) is 2. The van der Waals surface area contributed by atoms with Gasteiger partial charge in [0.25, 0.3) is 0 Å². The molecule has 0 saturated carbocycles. The second-order valence-electron chi connectivity index (χ2n) is 5.67. The highest BCUT2D eigenvalue weighted by Gasteiger charge is 2.13. The maximum atomic E-state index is 12.1. The number of ether oxygens (including phenoxy) is 1. The summed E-state index contributed by atoms with van der Waals surface area (Å²) < 4.78 is 5.13. The summed E-state index contributed by atoms with van der Waals surface area (Å²) in [5, 5.41) is 2.82. The summed E-state index contributed by atoms with van der Waals surface area (Å²) in [7, 11) is 1.62. The lowest BCUT2D eigenvalue weighted by atomic mass is 10.1. The first-order chi connectivity index (χ1) is 12.1. The molecular formula is C19H23N3O3. The largest absolute Gasteiger partial charge is 0.497 e. The van der Waals surface area contributed by atoms with Gasteiger partial charge in [-0.05, 0) is 41.8 Å². The number of aromatic nitrogens is 1. The van der Waals surface area contributed by atoms with E-state index in [9.17, 15) is 9.59 Å². The van der Waals surface area contributed by atoms with E-state index in [1.165, 1.54) is 6.92 Å². The van der Waals surface area contributed by atoms with Crippen molar-refractivity contribution in [2.45, 2.75) is 19.9 Å². The molecule has 0 atom stereocenters. The number of hydrogen-bond donors (Lipinski definition) is 1. The fraction of sp³-hybridized carbons (Fsp3) is 0.316. The van der Waals surface area contributed by atoms with Gasteiger partial charge in [0, 0.05) is 32.4 Å². The van der Waals surface area contributed by atoms with Gasteiger partial charge < -0.3 is 15.0 Å². The number of hydrogen-bond acceptors (Lipinski definition) is 4. The zero-order valence-corrected chi connectivity index (χ0v) is 14.6. The molecule has 0 saturated heterocycles.